The smallest absolute Gasteiger partial charge is 0.324 e. The molecule has 0 atom stereocenters. The Labute approximate surface area is 313 Å². The summed E-state index contributed by atoms with van der Waals surface area (Å²) in [6.45, 7) is 10.6. The lowest BCUT2D eigenvalue weighted by Crippen LogP contribution is -2.18. The van der Waals surface area contributed by atoms with E-state index in [1.165, 1.54) is 21.2 Å². The number of aromatic nitrogens is 1. The Morgan fingerprint density at radius 1 is 0.585 bits per heavy atom. The zero-order valence-electron chi connectivity index (χ0n) is 31.3. The summed E-state index contributed by atoms with van der Waals surface area (Å²) in [5.41, 5.74) is 15.0. The summed E-state index contributed by atoms with van der Waals surface area (Å²) in [7, 11) is -2.82. The molecule has 0 saturated heterocycles. The van der Waals surface area contributed by atoms with Crippen molar-refractivity contribution in [2.75, 3.05) is 0 Å². The third-order valence-corrected chi connectivity index (χ3v) is 10.6. The molecule has 0 spiro atoms. The molecule has 0 unspecified atom stereocenters. The van der Waals surface area contributed by atoms with Crippen LogP contribution in [0.1, 0.15) is 77.9 Å². The molecular weight excluding hydrogens is 653 g/mol. The summed E-state index contributed by atoms with van der Waals surface area (Å²) in [6.07, 6.45) is 5.75. The molecule has 2 heterocycles. The van der Waals surface area contributed by atoms with Crippen LogP contribution in [0.5, 0.6) is 0 Å². The van der Waals surface area contributed by atoms with Crippen molar-refractivity contribution in [2.24, 2.45) is 4.99 Å². The largest absolute Gasteiger partial charge is 0.678 e. The normalized spacial score (nSPS) is 13.6. The lowest BCUT2D eigenvalue weighted by molar-refractivity contribution is 0.630. The number of allylic oxidation sites excluding steroid dienone is 2. The van der Waals surface area contributed by atoms with Crippen molar-refractivity contribution in [3.05, 3.63) is 189 Å². The van der Waals surface area contributed by atoms with Gasteiger partial charge in [0.05, 0.1) is 17.1 Å². The first kappa shape index (κ1) is 35.8. The summed E-state index contributed by atoms with van der Waals surface area (Å²) >= 11 is 0. The first-order valence-electron chi connectivity index (χ1n) is 18.8. The van der Waals surface area contributed by atoms with Gasteiger partial charge in [0.2, 0.25) is 0 Å². The van der Waals surface area contributed by atoms with Gasteiger partial charge < -0.3 is 4.48 Å². The number of halogens is 2. The number of aliphatic imine (C=N–C) groups is 1. The molecule has 0 radical (unpaired) electrons. The van der Waals surface area contributed by atoms with Gasteiger partial charge in [-0.15, -0.1) is 0 Å². The van der Waals surface area contributed by atoms with Gasteiger partial charge in [-0.25, -0.2) is 4.99 Å². The van der Waals surface area contributed by atoms with Gasteiger partial charge in [-0.3, -0.25) is 8.63 Å². The minimum absolute atomic E-state index is 0.450. The van der Waals surface area contributed by atoms with Gasteiger partial charge in [-0.1, -0.05) is 149 Å². The zero-order chi connectivity index (χ0) is 37.1. The van der Waals surface area contributed by atoms with Crippen LogP contribution >= 0.6 is 0 Å². The van der Waals surface area contributed by atoms with Gasteiger partial charge in [0, 0.05) is 28.0 Å². The Hall–Kier alpha value is -5.55. The summed E-state index contributed by atoms with van der Waals surface area (Å²) in [4.78, 5) is 5.42. The second-order valence-corrected chi connectivity index (χ2v) is 13.7. The average molecular weight is 699 g/mol. The van der Waals surface area contributed by atoms with Gasteiger partial charge in [0.15, 0.2) is 0 Å². The lowest BCUT2D eigenvalue weighted by Gasteiger charge is -2.20. The van der Waals surface area contributed by atoms with Crippen molar-refractivity contribution in [2.45, 2.75) is 60.3 Å². The van der Waals surface area contributed by atoms with Crippen molar-refractivity contribution >= 4 is 24.3 Å². The van der Waals surface area contributed by atoms with E-state index in [0.29, 0.717) is 22.7 Å². The highest BCUT2D eigenvalue weighted by Gasteiger charge is 2.34. The number of hydrogen-bond acceptors (Lipinski definition) is 1. The second-order valence-electron chi connectivity index (χ2n) is 13.7. The fourth-order valence-corrected chi connectivity index (χ4v) is 7.28. The van der Waals surface area contributed by atoms with Gasteiger partial charge in [0.1, 0.15) is 0 Å². The highest BCUT2D eigenvalue weighted by atomic mass is 19.2. The molecule has 1 aliphatic heterocycles. The fourth-order valence-electron chi connectivity index (χ4n) is 7.28. The number of nitrogens with zero attached hydrogens (tertiary/aromatic N) is 2. The van der Waals surface area contributed by atoms with E-state index in [1.807, 2.05) is 61.5 Å². The number of aryl methyl sites for hydroxylation is 5. The maximum Gasteiger partial charge on any atom is 0.678 e. The van der Waals surface area contributed by atoms with Crippen LogP contribution in [0.15, 0.2) is 144 Å². The molecule has 0 aliphatic carbocycles. The van der Waals surface area contributed by atoms with Crippen LogP contribution in [0, 0.1) is 6.92 Å². The maximum absolute atomic E-state index is 16.0. The van der Waals surface area contributed by atoms with Crippen molar-refractivity contribution in [3.8, 4) is 22.4 Å². The molecule has 0 amide bonds. The van der Waals surface area contributed by atoms with E-state index in [1.54, 1.807) is 0 Å². The van der Waals surface area contributed by atoms with Crippen LogP contribution in [0.2, 0.25) is 0 Å². The molecule has 7 rings (SSSR count). The molecule has 1 aromatic heterocycles. The van der Waals surface area contributed by atoms with Crippen LogP contribution in [0.25, 0.3) is 33.5 Å². The molecule has 53 heavy (non-hydrogen) atoms. The van der Waals surface area contributed by atoms with Crippen LogP contribution < -0.4 is 0 Å². The summed E-state index contributed by atoms with van der Waals surface area (Å²) in [6, 6.07) is 43.4. The summed E-state index contributed by atoms with van der Waals surface area (Å²) in [5.74, 6) is 0. The van der Waals surface area contributed by atoms with E-state index in [2.05, 4.69) is 107 Å². The highest BCUT2D eigenvalue weighted by molar-refractivity contribution is 6.42. The molecule has 0 bridgehead atoms. The third kappa shape index (κ3) is 7.13. The Bertz CT molecular complexity index is 2320. The lowest BCUT2D eigenvalue weighted by atomic mass is 9.88. The van der Waals surface area contributed by atoms with Crippen molar-refractivity contribution in [1.29, 1.82) is 0 Å². The second kappa shape index (κ2) is 15.6. The fraction of sp³-hybridized carbons (Fsp3) is 0.188. The topological polar surface area (TPSA) is 17.3 Å². The van der Waals surface area contributed by atoms with E-state index in [9.17, 15) is 0 Å². The first-order valence-corrected chi connectivity index (χ1v) is 18.8. The molecule has 5 heteroatoms. The van der Waals surface area contributed by atoms with Gasteiger partial charge in [0.25, 0.3) is 0 Å². The van der Waals surface area contributed by atoms with Crippen molar-refractivity contribution in [3.63, 3.8) is 0 Å². The molecular formula is C48H45BF2N2. The van der Waals surface area contributed by atoms with Crippen LogP contribution in [0.3, 0.4) is 0 Å². The van der Waals surface area contributed by atoms with E-state index >= 15 is 8.63 Å². The first-order chi connectivity index (χ1) is 25.8. The van der Waals surface area contributed by atoms with E-state index < -0.39 is 7.40 Å². The maximum atomic E-state index is 16.0. The quantitative estimate of drug-likeness (QED) is 0.120. The molecule has 0 fully saturated rings. The van der Waals surface area contributed by atoms with Gasteiger partial charge in [-0.2, -0.15) is 0 Å². The molecule has 2 nitrogen and oxygen atoms in total. The highest BCUT2D eigenvalue weighted by Crippen LogP contribution is 2.46. The van der Waals surface area contributed by atoms with Crippen LogP contribution in [-0.2, 0) is 25.7 Å². The van der Waals surface area contributed by atoms with Crippen LogP contribution in [0.4, 0.5) is 8.63 Å². The van der Waals surface area contributed by atoms with Gasteiger partial charge >= 0.3 is 7.40 Å². The Balaban J connectivity index is 1.61. The minimum Gasteiger partial charge on any atom is -0.324 e. The van der Waals surface area contributed by atoms with Gasteiger partial charge in [-0.05, 0) is 94.8 Å². The van der Waals surface area contributed by atoms with Crippen LogP contribution in [-0.4, -0.2) is 17.6 Å². The predicted molar refractivity (Wildman–Crippen MR) is 221 cm³/mol. The third-order valence-electron chi connectivity index (χ3n) is 10.6. The molecule has 5 aromatic carbocycles. The monoisotopic (exact) mass is 698 g/mol. The molecule has 1 aliphatic rings. The van der Waals surface area contributed by atoms with E-state index in [0.717, 1.165) is 81.5 Å². The number of benzene rings is 5. The molecule has 0 saturated carbocycles. The zero-order valence-corrected chi connectivity index (χ0v) is 31.3. The SMILES string of the molecule is CCc1ccc(C2=CC(c3ccc(CC)cc3)=N/C2=C(/c2ccccc2C)c2c(-c3ccc(CC)cc3)cc(-c3ccc(CC)cc3)n2B(F)F)cc1. The average Bonchev–Trinajstić information content (AvgIpc) is 3.82. The molecule has 264 valence electrons. The standard InChI is InChI=1S/C48H45BF2N2/c1-6-33-14-22-37(23-15-33)42-30-44(39-26-18-35(8-3)19-27-39)52-47(42)46(41-13-11-10-12-32(41)5)48-43(38-24-16-34(7-2)17-25-38)31-45(53(48)49(50)51)40-28-20-36(9-4)21-29-40/h10-31H,6-9H2,1-5H3/b47-46-. The van der Waals surface area contributed by atoms with E-state index in [-0.39, 0.29) is 0 Å². The summed E-state index contributed by atoms with van der Waals surface area (Å²) in [5, 5.41) is 0. The Morgan fingerprint density at radius 3 is 1.55 bits per heavy atom. The molecule has 6 aromatic rings. The number of hydrogen-bond donors (Lipinski definition) is 0. The van der Waals surface area contributed by atoms with E-state index in [4.69, 9.17) is 4.99 Å². The number of rotatable bonds is 11. The Morgan fingerprint density at radius 2 is 1.06 bits per heavy atom. The predicted octanol–water partition coefficient (Wildman–Crippen LogP) is 12.5. The molecule has 0 N–H and O–H groups in total. The minimum atomic E-state index is -2.82. The summed E-state index contributed by atoms with van der Waals surface area (Å²) < 4.78 is 33.3. The van der Waals surface area contributed by atoms with Crippen molar-refractivity contribution in [1.82, 2.24) is 4.48 Å². The Kier molecular flexibility index (Phi) is 10.5. The van der Waals surface area contributed by atoms with Crippen molar-refractivity contribution < 1.29 is 8.63 Å².